The van der Waals surface area contributed by atoms with Crippen LogP contribution in [-0.4, -0.2) is 41.5 Å². The summed E-state index contributed by atoms with van der Waals surface area (Å²) in [4.78, 5) is 11.8. The van der Waals surface area contributed by atoms with Gasteiger partial charge >= 0.3 is 6.18 Å². The predicted octanol–water partition coefficient (Wildman–Crippen LogP) is 4.24. The Bertz CT molecular complexity index is 993. The van der Waals surface area contributed by atoms with Gasteiger partial charge in [0.1, 0.15) is 11.4 Å². The van der Waals surface area contributed by atoms with Crippen molar-refractivity contribution in [2.24, 2.45) is 0 Å². The van der Waals surface area contributed by atoms with E-state index < -0.39 is 24.7 Å². The predicted molar refractivity (Wildman–Crippen MR) is 123 cm³/mol. The maximum absolute atomic E-state index is 13.0. The van der Waals surface area contributed by atoms with E-state index in [1.54, 1.807) is 12.1 Å². The normalized spacial score (nSPS) is 20.6. The minimum Gasteiger partial charge on any atom is -0.487 e. The molecule has 1 heterocycles. The highest BCUT2D eigenvalue weighted by Crippen LogP contribution is 2.49. The van der Waals surface area contributed by atoms with Gasteiger partial charge in [0.25, 0.3) is 0 Å². The van der Waals surface area contributed by atoms with Crippen LogP contribution in [0.3, 0.4) is 0 Å². The van der Waals surface area contributed by atoms with Crippen molar-refractivity contribution >= 4 is 5.91 Å². The fourth-order valence-corrected chi connectivity index (χ4v) is 4.94. The maximum atomic E-state index is 13.0. The van der Waals surface area contributed by atoms with E-state index in [1.807, 2.05) is 30.3 Å². The van der Waals surface area contributed by atoms with Gasteiger partial charge in [-0.15, -0.1) is 0 Å². The first-order valence-electron chi connectivity index (χ1n) is 11.7. The van der Waals surface area contributed by atoms with Crippen LogP contribution in [0.25, 0.3) is 0 Å². The van der Waals surface area contributed by atoms with Crippen LogP contribution in [0.2, 0.25) is 0 Å². The largest absolute Gasteiger partial charge is 0.487 e. The zero-order chi connectivity index (χ0) is 24.3. The van der Waals surface area contributed by atoms with Crippen LogP contribution in [0.4, 0.5) is 13.2 Å². The lowest BCUT2D eigenvalue weighted by atomic mass is 9.72. The average molecular weight is 477 g/mol. The first kappa shape index (κ1) is 24.5. The van der Waals surface area contributed by atoms with Gasteiger partial charge in [-0.3, -0.25) is 4.79 Å². The monoisotopic (exact) mass is 476 g/mol. The Kier molecular flexibility index (Phi) is 7.19. The molecule has 1 aliphatic heterocycles. The van der Waals surface area contributed by atoms with E-state index in [4.69, 9.17) is 4.74 Å². The van der Waals surface area contributed by atoms with Gasteiger partial charge in [-0.1, -0.05) is 42.5 Å². The van der Waals surface area contributed by atoms with Crippen LogP contribution in [0.1, 0.15) is 55.3 Å². The molecule has 1 amide bonds. The van der Waals surface area contributed by atoms with Crippen LogP contribution in [0.15, 0.2) is 48.5 Å². The fraction of sp³-hybridized carbons (Fsp3) is 0.500. The Morgan fingerprint density at radius 1 is 1.18 bits per heavy atom. The molecule has 184 valence electrons. The van der Waals surface area contributed by atoms with Crippen molar-refractivity contribution < 1.29 is 27.8 Å². The second kappa shape index (κ2) is 9.96. The molecule has 0 bridgehead atoms. The molecular weight excluding hydrogens is 445 g/mol. The molecule has 2 aliphatic rings. The summed E-state index contributed by atoms with van der Waals surface area (Å²) < 4.78 is 45.1. The van der Waals surface area contributed by atoms with E-state index in [9.17, 15) is 23.1 Å². The van der Waals surface area contributed by atoms with Gasteiger partial charge in [0.15, 0.2) is 0 Å². The number of carbonyl (C=O) groups is 1. The zero-order valence-corrected chi connectivity index (χ0v) is 19.2. The minimum absolute atomic E-state index is 0.182. The molecule has 3 atom stereocenters. The van der Waals surface area contributed by atoms with Gasteiger partial charge in [0.05, 0.1) is 18.6 Å². The molecule has 2 aromatic carbocycles. The molecule has 34 heavy (non-hydrogen) atoms. The standard InChI is InChI=1S/C26H31F3N2O3/c1-17(32)31-21(13-18-6-3-2-4-7-18)23(33)16-30-22-15-25(10-5-11-25)34-24-9-8-19(12-20(22)24)14-26(27,28)29/h2-4,6-9,12,21-23,30,33H,5,10-11,13-16H2,1H3,(H,31,32)/t21-,22-,23-/m0/s1. The summed E-state index contributed by atoms with van der Waals surface area (Å²) in [5, 5.41) is 17.1. The lowest BCUT2D eigenvalue weighted by molar-refractivity contribution is -0.127. The third-order valence-corrected chi connectivity index (χ3v) is 6.75. The molecule has 0 saturated heterocycles. The van der Waals surface area contributed by atoms with Crippen molar-refractivity contribution in [3.05, 3.63) is 65.2 Å². The fourth-order valence-electron chi connectivity index (χ4n) is 4.94. The highest BCUT2D eigenvalue weighted by molar-refractivity contribution is 5.73. The van der Waals surface area contributed by atoms with Crippen molar-refractivity contribution in [3.63, 3.8) is 0 Å². The summed E-state index contributed by atoms with van der Waals surface area (Å²) in [6, 6.07) is 13.5. The topological polar surface area (TPSA) is 70.6 Å². The molecule has 0 radical (unpaired) electrons. The number of halogens is 3. The van der Waals surface area contributed by atoms with E-state index >= 15 is 0 Å². The number of aliphatic hydroxyl groups excluding tert-OH is 1. The Morgan fingerprint density at radius 2 is 1.91 bits per heavy atom. The Hall–Kier alpha value is -2.58. The van der Waals surface area contributed by atoms with E-state index in [-0.39, 0.29) is 29.7 Å². The van der Waals surface area contributed by atoms with Crippen LogP contribution in [0.5, 0.6) is 5.75 Å². The molecule has 1 saturated carbocycles. The van der Waals surface area contributed by atoms with Gasteiger partial charge in [0.2, 0.25) is 5.91 Å². The second-order valence-electron chi connectivity index (χ2n) is 9.53. The molecular formula is C26H31F3N2O3. The van der Waals surface area contributed by atoms with Gasteiger partial charge in [0, 0.05) is 31.5 Å². The minimum atomic E-state index is -4.29. The van der Waals surface area contributed by atoms with E-state index in [2.05, 4.69) is 10.6 Å². The number of carbonyl (C=O) groups excluding carboxylic acids is 1. The maximum Gasteiger partial charge on any atom is 0.393 e. The first-order chi connectivity index (χ1) is 16.1. The summed E-state index contributed by atoms with van der Waals surface area (Å²) in [6.07, 6.45) is -2.22. The molecule has 1 spiro atoms. The Morgan fingerprint density at radius 3 is 2.53 bits per heavy atom. The van der Waals surface area contributed by atoms with Crippen LogP contribution in [-0.2, 0) is 17.6 Å². The molecule has 1 aliphatic carbocycles. The quantitative estimate of drug-likeness (QED) is 0.533. The zero-order valence-electron chi connectivity index (χ0n) is 19.2. The lowest BCUT2D eigenvalue weighted by Gasteiger charge is -2.48. The van der Waals surface area contributed by atoms with Gasteiger partial charge in [-0.2, -0.15) is 13.2 Å². The molecule has 2 aromatic rings. The molecule has 0 aromatic heterocycles. The smallest absolute Gasteiger partial charge is 0.393 e. The van der Waals surface area contributed by atoms with E-state index in [0.717, 1.165) is 24.8 Å². The highest BCUT2D eigenvalue weighted by atomic mass is 19.4. The van der Waals surface area contributed by atoms with E-state index in [0.29, 0.717) is 24.2 Å². The van der Waals surface area contributed by atoms with Crippen LogP contribution < -0.4 is 15.4 Å². The van der Waals surface area contributed by atoms with E-state index in [1.165, 1.54) is 13.0 Å². The third kappa shape index (κ3) is 6.10. The van der Waals surface area contributed by atoms with Gasteiger partial charge in [-0.25, -0.2) is 0 Å². The van der Waals surface area contributed by atoms with Crippen molar-refractivity contribution in [1.82, 2.24) is 10.6 Å². The number of amides is 1. The summed E-state index contributed by atoms with van der Waals surface area (Å²) >= 11 is 0. The van der Waals surface area contributed by atoms with Crippen molar-refractivity contribution in [3.8, 4) is 5.75 Å². The summed E-state index contributed by atoms with van der Waals surface area (Å²) in [5.41, 5.74) is 1.56. The number of aliphatic hydroxyl groups is 1. The number of fused-ring (bicyclic) bond motifs is 1. The number of benzene rings is 2. The molecule has 5 nitrogen and oxygen atoms in total. The van der Waals surface area contributed by atoms with Gasteiger partial charge < -0.3 is 20.5 Å². The number of hydrogen-bond donors (Lipinski definition) is 3. The first-order valence-corrected chi connectivity index (χ1v) is 11.7. The van der Waals surface area contributed by atoms with Crippen LogP contribution >= 0.6 is 0 Å². The number of rotatable bonds is 8. The number of ether oxygens (including phenoxy) is 1. The highest BCUT2D eigenvalue weighted by Gasteiger charge is 2.45. The molecule has 4 rings (SSSR count). The average Bonchev–Trinajstić information content (AvgIpc) is 2.75. The Labute approximate surface area is 197 Å². The molecule has 1 fully saturated rings. The van der Waals surface area contributed by atoms with Crippen molar-refractivity contribution in [2.45, 2.75) is 75.4 Å². The third-order valence-electron chi connectivity index (χ3n) is 6.75. The summed E-state index contributed by atoms with van der Waals surface area (Å²) in [6.45, 7) is 1.59. The van der Waals surface area contributed by atoms with Crippen molar-refractivity contribution in [2.75, 3.05) is 6.54 Å². The molecule has 0 unspecified atom stereocenters. The molecule has 3 N–H and O–H groups in total. The summed E-state index contributed by atoms with van der Waals surface area (Å²) in [7, 11) is 0. The molecule has 8 heteroatoms. The Balaban J connectivity index is 1.50. The summed E-state index contributed by atoms with van der Waals surface area (Å²) in [5.74, 6) is 0.369. The number of hydrogen-bond acceptors (Lipinski definition) is 4. The lowest BCUT2D eigenvalue weighted by Crippen LogP contribution is -2.52. The SMILES string of the molecule is CC(=O)N[C@@H](Cc1ccccc1)[C@@H](O)CN[C@H]1CC2(CCC2)Oc2ccc(CC(F)(F)F)cc21. The van der Waals surface area contributed by atoms with Crippen LogP contribution in [0, 0.1) is 0 Å². The second-order valence-corrected chi connectivity index (χ2v) is 9.53. The number of alkyl halides is 3. The van der Waals surface area contributed by atoms with Gasteiger partial charge in [-0.05, 0) is 42.9 Å². The van der Waals surface area contributed by atoms with Crippen molar-refractivity contribution in [1.29, 1.82) is 0 Å². The number of nitrogens with one attached hydrogen (secondary N) is 2.